The first-order chi connectivity index (χ1) is 6.18. The molecule has 4 heteroatoms. The van der Waals surface area contributed by atoms with Crippen LogP contribution in [0.25, 0.3) is 0 Å². The van der Waals surface area contributed by atoms with Crippen molar-refractivity contribution in [1.82, 2.24) is 10.6 Å². The predicted octanol–water partition coefficient (Wildman–Crippen LogP) is -0.389. The van der Waals surface area contributed by atoms with Gasteiger partial charge in [-0.2, -0.15) is 0 Å². The molecule has 2 aliphatic rings. The van der Waals surface area contributed by atoms with Gasteiger partial charge in [0.25, 0.3) is 0 Å². The van der Waals surface area contributed by atoms with Crippen LogP contribution >= 0.6 is 0 Å². The summed E-state index contributed by atoms with van der Waals surface area (Å²) in [4.78, 5) is 21.9. The second-order valence-corrected chi connectivity index (χ2v) is 2.92. The second kappa shape index (κ2) is 2.58. The van der Waals surface area contributed by atoms with Crippen molar-refractivity contribution in [2.45, 2.75) is 6.04 Å². The highest BCUT2D eigenvalue weighted by atomic mass is 16.2. The molecule has 4 nitrogen and oxygen atoms in total. The molecule has 0 aromatic rings. The number of rotatable bonds is 0. The zero-order valence-electron chi connectivity index (χ0n) is 6.83. The van der Waals surface area contributed by atoms with E-state index >= 15 is 0 Å². The first-order valence-electron chi connectivity index (χ1n) is 3.87. The molecule has 2 N–H and O–H groups in total. The van der Waals surface area contributed by atoms with Crippen LogP contribution in [-0.2, 0) is 9.59 Å². The summed E-state index contributed by atoms with van der Waals surface area (Å²) in [6.07, 6.45) is 5.33. The summed E-state index contributed by atoms with van der Waals surface area (Å²) in [5.74, 6) is -1.23. The molecule has 0 radical (unpaired) electrons. The first kappa shape index (κ1) is 7.79. The molecule has 1 aliphatic heterocycles. The monoisotopic (exact) mass is 176 g/mol. The maximum atomic E-state index is 11.0. The van der Waals surface area contributed by atoms with Crippen molar-refractivity contribution >= 4 is 11.8 Å². The van der Waals surface area contributed by atoms with Crippen LogP contribution in [0.4, 0.5) is 0 Å². The van der Waals surface area contributed by atoms with E-state index in [1.165, 1.54) is 0 Å². The van der Waals surface area contributed by atoms with E-state index < -0.39 is 11.8 Å². The van der Waals surface area contributed by atoms with Gasteiger partial charge < -0.3 is 10.6 Å². The van der Waals surface area contributed by atoms with Gasteiger partial charge in [-0.1, -0.05) is 18.7 Å². The zero-order chi connectivity index (χ0) is 9.42. The Morgan fingerprint density at radius 3 is 2.85 bits per heavy atom. The fraction of sp³-hybridized carbons (Fsp3) is 0.111. The zero-order valence-corrected chi connectivity index (χ0v) is 6.83. The van der Waals surface area contributed by atoms with E-state index in [1.807, 2.05) is 0 Å². The van der Waals surface area contributed by atoms with Crippen molar-refractivity contribution in [3.8, 4) is 0 Å². The third-order valence-corrected chi connectivity index (χ3v) is 2.01. The Hall–Kier alpha value is -1.84. The highest BCUT2D eigenvalue weighted by molar-refractivity contribution is 6.36. The molecule has 0 saturated carbocycles. The third kappa shape index (κ3) is 1.16. The van der Waals surface area contributed by atoms with Crippen LogP contribution in [-0.4, -0.2) is 17.9 Å². The number of hydrogen-bond donors (Lipinski definition) is 2. The van der Waals surface area contributed by atoms with Crippen LogP contribution in [0.15, 0.2) is 36.1 Å². The van der Waals surface area contributed by atoms with Gasteiger partial charge in [0.1, 0.15) is 0 Å². The van der Waals surface area contributed by atoms with Crippen LogP contribution in [0.3, 0.4) is 0 Å². The first-order valence-corrected chi connectivity index (χ1v) is 3.87. The standard InChI is InChI=1S/C9H8N2O2/c1-5-3-2-4-6-7(5)11-9(13)8(12)10-6/h2-4,7H,1H2,(H,10,12)(H,11,13). The summed E-state index contributed by atoms with van der Waals surface area (Å²) in [5.41, 5.74) is 1.45. The summed E-state index contributed by atoms with van der Waals surface area (Å²) >= 11 is 0. The number of carbonyl (C=O) groups is 2. The molecule has 1 atom stereocenters. The maximum absolute atomic E-state index is 11.0. The molecule has 0 bridgehead atoms. The normalized spacial score (nSPS) is 26.0. The molecule has 0 spiro atoms. The molecular formula is C9H8N2O2. The molecule has 1 fully saturated rings. The van der Waals surface area contributed by atoms with Crippen molar-refractivity contribution in [1.29, 1.82) is 0 Å². The highest BCUT2D eigenvalue weighted by Gasteiger charge is 2.30. The lowest BCUT2D eigenvalue weighted by molar-refractivity contribution is -0.140. The van der Waals surface area contributed by atoms with Crippen molar-refractivity contribution < 1.29 is 9.59 Å². The number of piperazine rings is 1. The maximum Gasteiger partial charge on any atom is 0.313 e. The van der Waals surface area contributed by atoms with E-state index in [0.717, 1.165) is 5.57 Å². The quantitative estimate of drug-likeness (QED) is 0.494. The lowest BCUT2D eigenvalue weighted by Gasteiger charge is -2.28. The lowest BCUT2D eigenvalue weighted by Crippen LogP contribution is -2.54. The lowest BCUT2D eigenvalue weighted by atomic mass is 9.98. The topological polar surface area (TPSA) is 58.2 Å². The number of amides is 2. The Morgan fingerprint density at radius 2 is 2.08 bits per heavy atom. The fourth-order valence-electron chi connectivity index (χ4n) is 1.34. The predicted molar refractivity (Wildman–Crippen MR) is 46.4 cm³/mol. The molecule has 0 aromatic heterocycles. The van der Waals surface area contributed by atoms with Crippen LogP contribution in [0.1, 0.15) is 0 Å². The van der Waals surface area contributed by atoms with Crippen LogP contribution < -0.4 is 10.6 Å². The van der Waals surface area contributed by atoms with E-state index in [4.69, 9.17) is 0 Å². The van der Waals surface area contributed by atoms with Gasteiger partial charge >= 0.3 is 11.8 Å². The fourth-order valence-corrected chi connectivity index (χ4v) is 1.34. The Bertz CT molecular complexity index is 366. The van der Waals surface area contributed by atoms with E-state index in [-0.39, 0.29) is 6.04 Å². The molecule has 13 heavy (non-hydrogen) atoms. The van der Waals surface area contributed by atoms with Crippen molar-refractivity contribution in [2.75, 3.05) is 0 Å². The molecule has 1 aliphatic carbocycles. The number of allylic oxidation sites excluding steroid dienone is 2. The summed E-state index contributed by atoms with van der Waals surface area (Å²) in [6, 6.07) is -0.268. The Kier molecular flexibility index (Phi) is 1.55. The molecule has 1 saturated heterocycles. The average Bonchev–Trinajstić information content (AvgIpc) is 2.09. The van der Waals surface area contributed by atoms with Gasteiger partial charge in [-0.15, -0.1) is 0 Å². The van der Waals surface area contributed by atoms with Gasteiger partial charge in [0.15, 0.2) is 0 Å². The largest absolute Gasteiger partial charge is 0.335 e. The van der Waals surface area contributed by atoms with Gasteiger partial charge in [-0.05, 0) is 11.6 Å². The van der Waals surface area contributed by atoms with Gasteiger partial charge in [0.05, 0.1) is 6.04 Å². The van der Waals surface area contributed by atoms with Crippen molar-refractivity contribution in [2.24, 2.45) is 0 Å². The van der Waals surface area contributed by atoms with Crippen molar-refractivity contribution in [3.63, 3.8) is 0 Å². The van der Waals surface area contributed by atoms with E-state index in [2.05, 4.69) is 17.2 Å². The van der Waals surface area contributed by atoms with Crippen LogP contribution in [0.5, 0.6) is 0 Å². The second-order valence-electron chi connectivity index (χ2n) is 2.92. The number of hydrogen-bond acceptors (Lipinski definition) is 2. The summed E-state index contributed by atoms with van der Waals surface area (Å²) < 4.78 is 0. The number of carbonyl (C=O) groups excluding carboxylic acids is 2. The summed E-state index contributed by atoms with van der Waals surface area (Å²) in [5, 5.41) is 5.04. The van der Waals surface area contributed by atoms with Gasteiger partial charge in [0.2, 0.25) is 0 Å². The SMILES string of the molecule is C=C1C=CC=C2NC(=O)C(=O)NC12. The average molecular weight is 176 g/mol. The van der Waals surface area contributed by atoms with Gasteiger partial charge in [-0.3, -0.25) is 9.59 Å². The minimum absolute atomic E-state index is 0.268. The molecule has 1 unspecified atom stereocenters. The Morgan fingerprint density at radius 1 is 1.31 bits per heavy atom. The summed E-state index contributed by atoms with van der Waals surface area (Å²) in [6.45, 7) is 3.76. The molecule has 66 valence electrons. The minimum Gasteiger partial charge on any atom is -0.335 e. The van der Waals surface area contributed by atoms with Gasteiger partial charge in [-0.25, -0.2) is 0 Å². The van der Waals surface area contributed by atoms with E-state index in [9.17, 15) is 9.59 Å². The number of nitrogens with one attached hydrogen (secondary N) is 2. The highest BCUT2D eigenvalue weighted by Crippen LogP contribution is 2.17. The smallest absolute Gasteiger partial charge is 0.313 e. The molecule has 2 rings (SSSR count). The molecular weight excluding hydrogens is 168 g/mol. The summed E-state index contributed by atoms with van der Waals surface area (Å²) in [7, 11) is 0. The Labute approximate surface area is 75.0 Å². The molecule has 0 aromatic carbocycles. The molecule has 1 heterocycles. The van der Waals surface area contributed by atoms with E-state index in [0.29, 0.717) is 5.70 Å². The third-order valence-electron chi connectivity index (χ3n) is 2.01. The Balaban J connectivity index is 2.33. The van der Waals surface area contributed by atoms with Crippen molar-refractivity contribution in [3.05, 3.63) is 36.1 Å². The van der Waals surface area contributed by atoms with E-state index in [1.54, 1.807) is 18.2 Å². The van der Waals surface area contributed by atoms with Crippen LogP contribution in [0.2, 0.25) is 0 Å². The number of fused-ring (bicyclic) bond motifs is 1. The van der Waals surface area contributed by atoms with Crippen LogP contribution in [0, 0.1) is 0 Å². The van der Waals surface area contributed by atoms with Gasteiger partial charge in [0, 0.05) is 5.70 Å². The minimum atomic E-state index is -0.620. The molecule has 2 amide bonds.